The van der Waals surface area contributed by atoms with E-state index in [2.05, 4.69) is 21.7 Å². The maximum atomic E-state index is 13.4. The number of hydrogen-bond acceptors (Lipinski definition) is 6. The fourth-order valence-corrected chi connectivity index (χ4v) is 5.93. The Balaban J connectivity index is 1.43. The first-order valence-corrected chi connectivity index (χ1v) is 15.2. The molecular weight excluding hydrogens is 574 g/mol. The molecule has 5 rings (SSSR count). The summed E-state index contributed by atoms with van der Waals surface area (Å²) in [5.74, 6) is 0.184. The number of aryl methyl sites for hydroxylation is 1. The Hall–Kier alpha value is -4.54. The van der Waals surface area contributed by atoms with Crippen LogP contribution in [-0.4, -0.2) is 33.7 Å². The summed E-state index contributed by atoms with van der Waals surface area (Å²) in [4.78, 5) is 30.2. The van der Waals surface area contributed by atoms with Crippen molar-refractivity contribution in [3.8, 4) is 16.9 Å². The molecule has 2 aromatic heterocycles. The Morgan fingerprint density at radius 2 is 1.64 bits per heavy atom. The number of carbonyl (C=O) groups is 1. The minimum atomic E-state index is -4.17. The molecule has 0 spiro atoms. The number of aromatic nitrogens is 4. The van der Waals surface area contributed by atoms with Gasteiger partial charge in [0.15, 0.2) is 5.82 Å². The number of sulfonamides is 1. The third kappa shape index (κ3) is 6.19. The smallest absolute Gasteiger partial charge is 0.274 e. The van der Waals surface area contributed by atoms with Crippen LogP contribution in [0, 0.1) is 0 Å². The number of pyridine rings is 1. The highest BCUT2D eigenvalue weighted by Crippen LogP contribution is 2.28. The number of nitrogens with one attached hydrogen (secondary N) is 1. The number of benzene rings is 3. The van der Waals surface area contributed by atoms with Crippen molar-refractivity contribution in [1.29, 1.82) is 0 Å². The van der Waals surface area contributed by atoms with E-state index in [1.807, 2.05) is 12.1 Å². The summed E-state index contributed by atoms with van der Waals surface area (Å²) in [5.41, 5.74) is 1.79. The largest absolute Gasteiger partial charge is 0.352 e. The number of hydrogen-bond donors (Lipinski definition) is 1. The number of rotatable bonds is 10. The Morgan fingerprint density at radius 1 is 0.929 bits per heavy atom. The average Bonchev–Trinajstić information content (AvgIpc) is 3.31. The first-order valence-electron chi connectivity index (χ1n) is 13.4. The first-order chi connectivity index (χ1) is 20.3. The minimum absolute atomic E-state index is 0.0198. The molecule has 0 saturated heterocycles. The number of nitrogens with zero attached hydrogens (tertiary/aromatic N) is 4. The van der Waals surface area contributed by atoms with E-state index in [-0.39, 0.29) is 28.5 Å². The molecule has 0 unspecified atom stereocenters. The zero-order valence-corrected chi connectivity index (χ0v) is 24.3. The van der Waals surface area contributed by atoms with Gasteiger partial charge in [-0.05, 0) is 47.9 Å². The molecule has 0 aliphatic carbocycles. The van der Waals surface area contributed by atoms with E-state index in [1.165, 1.54) is 10.7 Å². The molecule has 2 heterocycles. The molecule has 9 nitrogen and oxygen atoms in total. The van der Waals surface area contributed by atoms with Gasteiger partial charge >= 0.3 is 5.69 Å². The van der Waals surface area contributed by atoms with Crippen LogP contribution in [0.1, 0.15) is 41.5 Å². The summed E-state index contributed by atoms with van der Waals surface area (Å²) in [5, 5.41) is 4.87. The highest BCUT2D eigenvalue weighted by molar-refractivity contribution is 7.90. The van der Waals surface area contributed by atoms with E-state index in [4.69, 9.17) is 11.6 Å². The van der Waals surface area contributed by atoms with Crippen molar-refractivity contribution >= 4 is 27.5 Å². The molecular formula is C31H28ClN5O4S. The Kier molecular flexibility index (Phi) is 8.65. The van der Waals surface area contributed by atoms with Crippen LogP contribution in [0.3, 0.4) is 0 Å². The van der Waals surface area contributed by atoms with Gasteiger partial charge in [-0.1, -0.05) is 85.6 Å². The van der Waals surface area contributed by atoms with Crippen LogP contribution in [0.5, 0.6) is 0 Å². The lowest BCUT2D eigenvalue weighted by Crippen LogP contribution is -2.30. The molecule has 0 fully saturated rings. The second kappa shape index (κ2) is 12.5. The molecule has 0 atom stereocenters. The van der Waals surface area contributed by atoms with E-state index < -0.39 is 15.9 Å². The lowest BCUT2D eigenvalue weighted by Gasteiger charge is -2.13. The zero-order valence-electron chi connectivity index (χ0n) is 22.8. The van der Waals surface area contributed by atoms with Gasteiger partial charge < -0.3 is 0 Å². The first kappa shape index (κ1) is 29.0. The van der Waals surface area contributed by atoms with Gasteiger partial charge in [-0.3, -0.25) is 9.36 Å². The summed E-state index contributed by atoms with van der Waals surface area (Å²) in [6, 6.07) is 25.2. The molecule has 0 bridgehead atoms. The van der Waals surface area contributed by atoms with Crippen molar-refractivity contribution in [2.24, 2.45) is 0 Å². The second-order valence-electron chi connectivity index (χ2n) is 9.60. The van der Waals surface area contributed by atoms with Crippen LogP contribution in [0.2, 0.25) is 5.02 Å². The summed E-state index contributed by atoms with van der Waals surface area (Å²) >= 11 is 6.30. The Labute approximate surface area is 248 Å². The maximum absolute atomic E-state index is 13.4. The lowest BCUT2D eigenvalue weighted by atomic mass is 10.0. The van der Waals surface area contributed by atoms with Gasteiger partial charge in [-0.15, -0.1) is 5.10 Å². The third-order valence-electron chi connectivity index (χ3n) is 6.68. The number of unbranched alkanes of at least 4 members (excludes halogenated alkanes) is 1. The van der Waals surface area contributed by atoms with Crippen LogP contribution in [0.4, 0.5) is 0 Å². The van der Waals surface area contributed by atoms with Crippen LogP contribution in [-0.2, 0) is 23.0 Å². The zero-order chi connectivity index (χ0) is 29.7. The van der Waals surface area contributed by atoms with Crippen molar-refractivity contribution in [3.63, 3.8) is 0 Å². The van der Waals surface area contributed by atoms with Gasteiger partial charge in [0.1, 0.15) is 5.82 Å². The maximum Gasteiger partial charge on any atom is 0.352 e. The van der Waals surface area contributed by atoms with Crippen molar-refractivity contribution in [3.05, 3.63) is 130 Å². The predicted molar refractivity (Wildman–Crippen MR) is 161 cm³/mol. The molecule has 11 heteroatoms. The summed E-state index contributed by atoms with van der Waals surface area (Å²) in [6.45, 7) is 2.33. The van der Waals surface area contributed by atoms with E-state index >= 15 is 0 Å². The number of amides is 1. The van der Waals surface area contributed by atoms with Crippen molar-refractivity contribution < 1.29 is 13.2 Å². The lowest BCUT2D eigenvalue weighted by molar-refractivity contribution is 0.0981. The van der Waals surface area contributed by atoms with Crippen LogP contribution in [0.15, 0.2) is 107 Å². The van der Waals surface area contributed by atoms with E-state index in [0.717, 1.165) is 18.4 Å². The van der Waals surface area contributed by atoms with E-state index in [0.29, 0.717) is 28.4 Å². The molecule has 42 heavy (non-hydrogen) atoms. The average molecular weight is 602 g/mol. The molecule has 214 valence electrons. The van der Waals surface area contributed by atoms with Gasteiger partial charge in [-0.2, -0.15) is 4.68 Å². The van der Waals surface area contributed by atoms with Crippen molar-refractivity contribution in [2.45, 2.75) is 37.6 Å². The van der Waals surface area contributed by atoms with Gasteiger partial charge in [0, 0.05) is 23.7 Å². The Morgan fingerprint density at radius 3 is 2.36 bits per heavy atom. The van der Waals surface area contributed by atoms with Crippen molar-refractivity contribution in [2.75, 3.05) is 0 Å². The SMILES string of the molecule is CCCCc1nn(-c2ncccc2Cl)c(=O)n1Cc1ccc(-c2ccccc2S(=O)(=O)NC(=O)c2ccccc2)cc1. The summed E-state index contributed by atoms with van der Waals surface area (Å²) in [6.07, 6.45) is 3.97. The molecule has 5 aromatic rings. The molecule has 0 aliphatic rings. The molecule has 1 amide bonds. The highest BCUT2D eigenvalue weighted by Gasteiger charge is 2.23. The molecule has 0 radical (unpaired) electrons. The van der Waals surface area contributed by atoms with E-state index in [1.54, 1.807) is 83.6 Å². The van der Waals surface area contributed by atoms with Crippen molar-refractivity contribution in [1.82, 2.24) is 24.1 Å². The van der Waals surface area contributed by atoms with Gasteiger partial charge in [0.2, 0.25) is 0 Å². The summed E-state index contributed by atoms with van der Waals surface area (Å²) in [7, 11) is -4.17. The van der Waals surface area contributed by atoms with Crippen LogP contribution in [0.25, 0.3) is 16.9 Å². The van der Waals surface area contributed by atoms with Crippen LogP contribution < -0.4 is 10.4 Å². The van der Waals surface area contributed by atoms with Crippen LogP contribution >= 0.6 is 11.6 Å². The number of carbonyl (C=O) groups excluding carboxylic acids is 1. The molecule has 0 aliphatic heterocycles. The van der Waals surface area contributed by atoms with E-state index in [9.17, 15) is 18.0 Å². The minimum Gasteiger partial charge on any atom is -0.274 e. The van der Waals surface area contributed by atoms with Gasteiger partial charge in [0.25, 0.3) is 15.9 Å². The second-order valence-corrected chi connectivity index (χ2v) is 11.7. The third-order valence-corrected chi connectivity index (χ3v) is 8.36. The number of halogens is 1. The Bertz CT molecular complexity index is 1880. The fraction of sp³-hybridized carbons (Fsp3) is 0.161. The normalized spacial score (nSPS) is 11.4. The molecule has 0 saturated carbocycles. The van der Waals surface area contributed by atoms with Gasteiger partial charge in [0.05, 0.1) is 16.5 Å². The van der Waals surface area contributed by atoms with Gasteiger partial charge in [-0.25, -0.2) is 22.9 Å². The molecule has 3 aromatic carbocycles. The summed E-state index contributed by atoms with van der Waals surface area (Å²) < 4.78 is 31.5. The standard InChI is InChI=1S/C31H28ClN5O4S/c1-2-3-15-28-34-37(29-26(32)13-9-20-33-29)31(39)36(28)21-22-16-18-23(19-17-22)25-12-7-8-14-27(25)42(40,41)35-30(38)24-10-5-4-6-11-24/h4-14,16-20H,2-3,15,21H2,1H3,(H,35,38). The monoisotopic (exact) mass is 601 g/mol. The highest BCUT2D eigenvalue weighted by atomic mass is 35.5. The quantitative estimate of drug-likeness (QED) is 0.233. The fourth-order valence-electron chi connectivity index (χ4n) is 4.52. The predicted octanol–water partition coefficient (Wildman–Crippen LogP) is 5.26. The molecule has 1 N–H and O–H groups in total. The topological polar surface area (TPSA) is 116 Å².